The van der Waals surface area contributed by atoms with Crippen molar-refractivity contribution in [1.29, 1.82) is 0 Å². The zero-order valence-electron chi connectivity index (χ0n) is 68.8. The second-order valence-electron chi connectivity index (χ2n) is 32.1. The van der Waals surface area contributed by atoms with Gasteiger partial charge >= 0.3 is 41.8 Å². The summed E-state index contributed by atoms with van der Waals surface area (Å²) in [6, 6.07) is -0.966. The van der Waals surface area contributed by atoms with Crippen molar-refractivity contribution >= 4 is 41.8 Å². The van der Waals surface area contributed by atoms with Crippen LogP contribution in [0.25, 0.3) is 0 Å². The third-order valence-corrected chi connectivity index (χ3v) is 13.9. The molecule has 2 saturated carbocycles. The van der Waals surface area contributed by atoms with Crippen LogP contribution in [0.5, 0.6) is 0 Å². The van der Waals surface area contributed by atoms with Crippen molar-refractivity contribution < 1.29 is 66.7 Å². The Balaban J connectivity index is -0.000000340. The minimum atomic E-state index is -0.248. The molecule has 7 N–H and O–H groups in total. The molecule has 2 aliphatic rings. The van der Waals surface area contributed by atoms with Gasteiger partial charge < -0.3 is 43.8 Å². The monoisotopic (exact) mass is 1390 g/mol. The lowest BCUT2D eigenvalue weighted by Gasteiger charge is -2.25. The predicted octanol–water partition coefficient (Wildman–Crippen LogP) is 13.9. The van der Waals surface area contributed by atoms with Gasteiger partial charge in [0.25, 0.3) is 0 Å². The first kappa shape index (κ1) is 102. The number of carbonyl (C=O) groups is 7. The number of hydrogen-bond acceptors (Lipinski definition) is 21. The number of hydrogen-bond donors (Lipinski definition) is 7. The van der Waals surface area contributed by atoms with Gasteiger partial charge in [0.1, 0.15) is 60.6 Å². The Labute approximate surface area is 594 Å². The highest BCUT2D eigenvalue weighted by Crippen LogP contribution is 2.22. The van der Waals surface area contributed by atoms with Gasteiger partial charge in [0, 0.05) is 39.8 Å². The van der Waals surface area contributed by atoms with Crippen molar-refractivity contribution in [3.05, 3.63) is 0 Å². The molecule has 21 nitrogen and oxygen atoms in total. The van der Waals surface area contributed by atoms with Gasteiger partial charge in [0.15, 0.2) is 0 Å². The van der Waals surface area contributed by atoms with E-state index >= 15 is 0 Å². The van der Waals surface area contributed by atoms with Crippen LogP contribution in [0.2, 0.25) is 0 Å². The van der Waals surface area contributed by atoms with Crippen molar-refractivity contribution in [2.24, 2.45) is 0 Å². The van der Waals surface area contributed by atoms with E-state index in [9.17, 15) is 33.6 Å². The quantitative estimate of drug-likeness (QED) is 0.0298. The molecule has 0 unspecified atom stereocenters. The molecular formula is C76H155N7O14. The van der Waals surface area contributed by atoms with Crippen LogP contribution in [0.3, 0.4) is 0 Å². The van der Waals surface area contributed by atoms with Gasteiger partial charge in [-0.05, 0) is 264 Å². The SMILES string of the molecule is CC(C)N[C@@H](C)C(=O)OC1CCCCC1.CC(C)OC(=O)[C@H](C)NC(C)(C)C.CCC(CC)OC(=O)[C@H](C)NC(C)C.CCOC(=O)[C@H](C)NC(C)(C)C.CC[C@@H](C)OC(=O)[C@H](C)NC(C)(C)C.CC[C@H](C)OC(=O)[C@H](C)NC(C)(C)C.C[C@H](NC(C)(C)C)C(=O)OC1CCCC1. The fourth-order valence-corrected chi connectivity index (χ4v) is 9.49. The molecule has 2 fully saturated rings. The van der Waals surface area contributed by atoms with Gasteiger partial charge in [-0.15, -0.1) is 0 Å². The molecule has 97 heavy (non-hydrogen) atoms. The predicted molar refractivity (Wildman–Crippen MR) is 399 cm³/mol. The Morgan fingerprint density at radius 2 is 0.567 bits per heavy atom. The van der Waals surface area contributed by atoms with Crippen LogP contribution in [0, 0.1) is 0 Å². The van der Waals surface area contributed by atoms with Crippen LogP contribution < -0.4 is 37.2 Å². The first-order valence-corrected chi connectivity index (χ1v) is 36.9. The van der Waals surface area contributed by atoms with Crippen LogP contribution in [-0.2, 0) is 66.7 Å². The molecule has 578 valence electrons. The van der Waals surface area contributed by atoms with E-state index in [-0.39, 0.29) is 148 Å². The molecule has 2 rings (SSSR count). The molecule has 0 aromatic rings. The lowest BCUT2D eigenvalue weighted by Crippen LogP contribution is -2.47. The third kappa shape index (κ3) is 65.1. The van der Waals surface area contributed by atoms with E-state index in [1.807, 2.05) is 242 Å². The van der Waals surface area contributed by atoms with Crippen LogP contribution in [0.4, 0.5) is 0 Å². The minimum absolute atomic E-state index is 0.00622. The normalized spacial score (nSPS) is 16.5. The van der Waals surface area contributed by atoms with Crippen LogP contribution in [-0.4, -0.2) is 167 Å². The Morgan fingerprint density at radius 3 is 0.825 bits per heavy atom. The summed E-state index contributed by atoms with van der Waals surface area (Å²) in [5, 5.41) is 22.1. The fraction of sp³-hybridized carbons (Fsp3) is 0.908. The van der Waals surface area contributed by atoms with Gasteiger partial charge in [-0.1, -0.05) is 61.8 Å². The molecule has 0 bridgehead atoms. The van der Waals surface area contributed by atoms with E-state index in [2.05, 4.69) is 37.2 Å². The number of ether oxygens (including phenoxy) is 7. The average Bonchev–Trinajstić information content (AvgIpc) is 1.97. The molecule has 0 amide bonds. The molecular weight excluding hydrogens is 1230 g/mol. The average molecular weight is 1390 g/mol. The zero-order valence-corrected chi connectivity index (χ0v) is 68.8. The molecule has 0 aromatic heterocycles. The second kappa shape index (κ2) is 52.9. The summed E-state index contributed by atoms with van der Waals surface area (Å²) < 4.78 is 36.5. The minimum Gasteiger partial charge on any atom is -0.465 e. The van der Waals surface area contributed by atoms with Crippen molar-refractivity contribution in [1.82, 2.24) is 37.2 Å². The van der Waals surface area contributed by atoms with Gasteiger partial charge in [0.05, 0.1) is 24.9 Å². The molecule has 0 spiro atoms. The van der Waals surface area contributed by atoms with E-state index in [0.717, 1.165) is 51.4 Å². The highest BCUT2D eigenvalue weighted by molar-refractivity contribution is 5.78. The van der Waals surface area contributed by atoms with Gasteiger partial charge in [-0.25, -0.2) is 0 Å². The van der Waals surface area contributed by atoms with Gasteiger partial charge in [0.2, 0.25) is 0 Å². The first-order chi connectivity index (χ1) is 44.1. The summed E-state index contributed by atoms with van der Waals surface area (Å²) in [5.74, 6) is -1.08. The van der Waals surface area contributed by atoms with Crippen molar-refractivity contribution in [2.45, 2.75) is 444 Å². The topological polar surface area (TPSA) is 268 Å². The summed E-state index contributed by atoms with van der Waals surface area (Å²) in [6.45, 7) is 69.2. The summed E-state index contributed by atoms with van der Waals surface area (Å²) in [4.78, 5) is 80.4. The third-order valence-electron chi connectivity index (χ3n) is 13.9. The van der Waals surface area contributed by atoms with Gasteiger partial charge in [-0.2, -0.15) is 0 Å². The molecule has 0 aromatic carbocycles. The van der Waals surface area contributed by atoms with E-state index in [1.165, 1.54) is 32.1 Å². The van der Waals surface area contributed by atoms with Crippen LogP contribution >= 0.6 is 0 Å². The number of carbonyl (C=O) groups excluding carboxylic acids is 7. The molecule has 0 aliphatic heterocycles. The highest BCUT2D eigenvalue weighted by atomic mass is 16.6. The van der Waals surface area contributed by atoms with E-state index in [0.29, 0.717) is 18.7 Å². The van der Waals surface area contributed by atoms with E-state index in [1.54, 1.807) is 0 Å². The first-order valence-electron chi connectivity index (χ1n) is 36.9. The van der Waals surface area contributed by atoms with Crippen LogP contribution in [0.1, 0.15) is 326 Å². The van der Waals surface area contributed by atoms with E-state index < -0.39 is 0 Å². The lowest BCUT2D eigenvalue weighted by molar-refractivity contribution is -0.153. The summed E-state index contributed by atoms with van der Waals surface area (Å²) >= 11 is 0. The van der Waals surface area contributed by atoms with Crippen molar-refractivity contribution in [2.75, 3.05) is 6.61 Å². The maximum atomic E-state index is 11.7. The summed E-state index contributed by atoms with van der Waals surface area (Å²) in [6.07, 6.45) is 14.1. The summed E-state index contributed by atoms with van der Waals surface area (Å²) in [5.41, 5.74) is -0.280. The maximum Gasteiger partial charge on any atom is 0.323 e. The molecule has 2 aliphatic carbocycles. The van der Waals surface area contributed by atoms with Crippen LogP contribution in [0.15, 0.2) is 0 Å². The Morgan fingerprint density at radius 1 is 0.320 bits per heavy atom. The molecule has 0 heterocycles. The number of rotatable bonds is 27. The van der Waals surface area contributed by atoms with E-state index in [4.69, 9.17) is 33.2 Å². The maximum absolute atomic E-state index is 11.7. The fourth-order valence-electron chi connectivity index (χ4n) is 9.49. The smallest absolute Gasteiger partial charge is 0.323 e. The second-order valence-corrected chi connectivity index (χ2v) is 32.1. The Kier molecular flexibility index (Phi) is 55.5. The lowest BCUT2D eigenvalue weighted by atomic mass is 9.98. The molecule has 0 radical (unpaired) electrons. The number of nitrogens with one attached hydrogen (secondary N) is 7. The van der Waals surface area contributed by atoms with Crippen molar-refractivity contribution in [3.8, 4) is 0 Å². The van der Waals surface area contributed by atoms with Crippen molar-refractivity contribution in [3.63, 3.8) is 0 Å². The largest absolute Gasteiger partial charge is 0.465 e. The molecule has 0 saturated heterocycles. The number of esters is 7. The summed E-state index contributed by atoms with van der Waals surface area (Å²) in [7, 11) is 0. The Bertz CT molecular complexity index is 2030. The molecule has 21 heteroatoms. The Hall–Kier alpha value is -3.99. The standard InChI is InChI=1S/2C12H23NO2.3C11H23NO2.C10H21NO2.C9H19NO2/c1-9(13-12(2,3)4)11(14)15-10-7-5-6-8-10;1-9(2)13-10(3)12(14)15-11-7-5-4-6-8-11;2*1-7-8(2)14-10(13)9(3)12-11(4,5)6;1-6-10(7-2)14-11(13)9(5)12-8(3)4;1-7(2)13-9(12)8(3)11-10(4,5)6;1-6-12-8(11)7(2)10-9(3,4)5/h9-10,13H,5-8H2,1-4H3;9-11,13H,4-8H2,1-3H3;2*8-9,12H,7H2,1-6H3;8-10,12H,6-7H2,1-5H3;7-8,11H,1-6H3;7,10H,6H2,1-5H3/t9-;10-;8-,9+;8-,9-;9-;8-;7-/m0010000/s1. The highest BCUT2D eigenvalue weighted by Gasteiger charge is 2.28. The molecule has 9 atom stereocenters. The zero-order chi connectivity index (χ0) is 77.0. The van der Waals surface area contributed by atoms with Gasteiger partial charge in [-0.3, -0.25) is 60.1 Å².